The molecule has 3 aromatic carbocycles. The average Bonchev–Trinajstić information content (AvgIpc) is 3.03. The van der Waals surface area contributed by atoms with E-state index < -0.39 is 11.8 Å². The second-order valence-corrected chi connectivity index (χ2v) is 8.20. The van der Waals surface area contributed by atoms with Gasteiger partial charge in [0.05, 0.1) is 24.9 Å². The molecule has 0 saturated heterocycles. The molecule has 0 saturated carbocycles. The molecular weight excluding hydrogens is 448 g/mol. The van der Waals surface area contributed by atoms with Gasteiger partial charge in [-0.25, -0.2) is 4.90 Å². The van der Waals surface area contributed by atoms with Crippen LogP contribution in [0, 0.1) is 0 Å². The molecule has 1 aliphatic heterocycles. The Morgan fingerprint density at radius 2 is 1.53 bits per heavy atom. The van der Waals surface area contributed by atoms with Crippen LogP contribution >= 0.6 is 23.4 Å². The van der Waals surface area contributed by atoms with Crippen LogP contribution in [0.5, 0.6) is 11.5 Å². The largest absolute Gasteiger partial charge is 0.495 e. The van der Waals surface area contributed by atoms with Crippen molar-refractivity contribution in [2.45, 2.75) is 4.90 Å². The predicted octanol–water partition coefficient (Wildman–Crippen LogP) is 5.35. The molecule has 8 heteroatoms. The summed E-state index contributed by atoms with van der Waals surface area (Å²) in [6, 6.07) is 21.3. The Morgan fingerprint density at radius 1 is 0.844 bits per heavy atom. The highest BCUT2D eigenvalue weighted by atomic mass is 35.5. The maximum atomic E-state index is 13.5. The summed E-state index contributed by atoms with van der Waals surface area (Å²) in [4.78, 5) is 29.1. The number of hydrogen-bond acceptors (Lipinski definition) is 6. The number of hydrogen-bond donors (Lipinski definition) is 1. The first-order chi connectivity index (χ1) is 15.5. The second-order valence-electron chi connectivity index (χ2n) is 6.71. The molecule has 0 spiro atoms. The number of halogens is 1. The van der Waals surface area contributed by atoms with E-state index in [1.807, 2.05) is 30.3 Å². The number of rotatable bonds is 7. The number of carbonyl (C=O) groups excluding carboxylic acids is 2. The van der Waals surface area contributed by atoms with Crippen LogP contribution in [0.1, 0.15) is 0 Å². The highest BCUT2D eigenvalue weighted by Gasteiger charge is 2.41. The molecule has 32 heavy (non-hydrogen) atoms. The van der Waals surface area contributed by atoms with Crippen LogP contribution in [0.15, 0.2) is 88.3 Å². The SMILES string of the molecule is COc1ccc(NC2=C(Sc3ccccc3)C(=O)N(c3ccccc3OC)C2=O)cc1Cl. The van der Waals surface area contributed by atoms with E-state index in [0.717, 1.165) is 9.80 Å². The number of thioether (sulfide) groups is 1. The van der Waals surface area contributed by atoms with Gasteiger partial charge >= 0.3 is 0 Å². The van der Waals surface area contributed by atoms with Crippen LogP contribution in [0.25, 0.3) is 0 Å². The van der Waals surface area contributed by atoms with Gasteiger partial charge in [0.15, 0.2) is 0 Å². The monoisotopic (exact) mass is 466 g/mol. The summed E-state index contributed by atoms with van der Waals surface area (Å²) in [7, 11) is 3.02. The molecule has 0 bridgehead atoms. The highest BCUT2D eigenvalue weighted by Crippen LogP contribution is 2.40. The lowest BCUT2D eigenvalue weighted by atomic mass is 10.2. The normalized spacial score (nSPS) is 13.5. The van der Waals surface area contributed by atoms with Crippen molar-refractivity contribution >= 4 is 46.6 Å². The van der Waals surface area contributed by atoms with Gasteiger partial charge in [-0.3, -0.25) is 9.59 Å². The fourth-order valence-electron chi connectivity index (χ4n) is 3.24. The van der Waals surface area contributed by atoms with Crippen LogP contribution in [-0.2, 0) is 9.59 Å². The number of methoxy groups -OCH3 is 2. The van der Waals surface area contributed by atoms with Crippen LogP contribution in [-0.4, -0.2) is 26.0 Å². The Labute approximate surface area is 194 Å². The molecule has 0 unspecified atom stereocenters. The maximum Gasteiger partial charge on any atom is 0.283 e. The number of nitrogens with one attached hydrogen (secondary N) is 1. The maximum absolute atomic E-state index is 13.5. The molecule has 4 rings (SSSR count). The topological polar surface area (TPSA) is 67.9 Å². The number of carbonyl (C=O) groups is 2. The number of imide groups is 1. The predicted molar refractivity (Wildman–Crippen MR) is 126 cm³/mol. The Bertz CT molecular complexity index is 1210. The highest BCUT2D eigenvalue weighted by molar-refractivity contribution is 8.04. The van der Waals surface area contributed by atoms with Crippen LogP contribution in [0.4, 0.5) is 11.4 Å². The first-order valence-electron chi connectivity index (χ1n) is 9.63. The van der Waals surface area contributed by atoms with Crippen molar-refractivity contribution in [1.29, 1.82) is 0 Å². The number of para-hydroxylation sites is 2. The third-order valence-electron chi connectivity index (χ3n) is 4.75. The molecule has 1 aliphatic rings. The quantitative estimate of drug-likeness (QED) is 0.474. The van der Waals surface area contributed by atoms with Gasteiger partial charge in [-0.05, 0) is 42.5 Å². The molecule has 0 radical (unpaired) electrons. The molecule has 162 valence electrons. The van der Waals surface area contributed by atoms with Gasteiger partial charge in [-0.15, -0.1) is 0 Å². The van der Waals surface area contributed by atoms with E-state index in [2.05, 4.69) is 5.32 Å². The number of ether oxygens (including phenoxy) is 2. The van der Waals surface area contributed by atoms with Crippen molar-refractivity contribution in [2.75, 3.05) is 24.4 Å². The Balaban J connectivity index is 1.76. The first-order valence-corrected chi connectivity index (χ1v) is 10.8. The molecule has 1 N–H and O–H groups in total. The summed E-state index contributed by atoms with van der Waals surface area (Å²) in [5.41, 5.74) is 1.09. The zero-order valence-corrected chi connectivity index (χ0v) is 18.9. The second kappa shape index (κ2) is 9.38. The van der Waals surface area contributed by atoms with E-state index in [1.54, 1.807) is 42.5 Å². The lowest BCUT2D eigenvalue weighted by Crippen LogP contribution is -2.32. The van der Waals surface area contributed by atoms with Crippen LogP contribution < -0.4 is 19.7 Å². The molecule has 3 aromatic rings. The summed E-state index contributed by atoms with van der Waals surface area (Å²) in [6.45, 7) is 0. The van der Waals surface area contributed by atoms with Gasteiger partial charge in [0.25, 0.3) is 11.8 Å². The number of anilines is 2. The fraction of sp³-hybridized carbons (Fsp3) is 0.0833. The molecule has 0 atom stereocenters. The van der Waals surface area contributed by atoms with Gasteiger partial charge in [0.2, 0.25) is 0 Å². The summed E-state index contributed by atoms with van der Waals surface area (Å²) in [6.07, 6.45) is 0. The van der Waals surface area contributed by atoms with Crippen molar-refractivity contribution < 1.29 is 19.1 Å². The lowest BCUT2D eigenvalue weighted by molar-refractivity contribution is -0.120. The van der Waals surface area contributed by atoms with Gasteiger partial charge in [-0.2, -0.15) is 0 Å². The minimum absolute atomic E-state index is 0.163. The summed E-state index contributed by atoms with van der Waals surface area (Å²) in [5, 5.41) is 3.47. The van der Waals surface area contributed by atoms with Crippen molar-refractivity contribution in [3.63, 3.8) is 0 Å². The smallest absolute Gasteiger partial charge is 0.283 e. The average molecular weight is 467 g/mol. The molecular formula is C24H19ClN2O4S. The lowest BCUT2D eigenvalue weighted by Gasteiger charge is -2.18. The van der Waals surface area contributed by atoms with Crippen molar-refractivity contribution in [2.24, 2.45) is 0 Å². The van der Waals surface area contributed by atoms with Gasteiger partial charge in [0.1, 0.15) is 22.1 Å². The molecule has 2 amide bonds. The number of amides is 2. The number of benzene rings is 3. The Hall–Kier alpha value is -3.42. The minimum Gasteiger partial charge on any atom is -0.495 e. The summed E-state index contributed by atoms with van der Waals surface area (Å²) >= 11 is 7.47. The third kappa shape index (κ3) is 4.17. The Kier molecular flexibility index (Phi) is 6.39. The Morgan fingerprint density at radius 3 is 2.22 bits per heavy atom. The minimum atomic E-state index is -0.482. The summed E-state index contributed by atoms with van der Waals surface area (Å²) < 4.78 is 10.6. The molecule has 6 nitrogen and oxygen atoms in total. The molecule has 0 fully saturated rings. The van der Waals surface area contributed by atoms with E-state index >= 15 is 0 Å². The van der Waals surface area contributed by atoms with Crippen molar-refractivity contribution in [1.82, 2.24) is 0 Å². The van der Waals surface area contributed by atoms with Gasteiger partial charge < -0.3 is 14.8 Å². The zero-order chi connectivity index (χ0) is 22.7. The van der Waals surface area contributed by atoms with Crippen LogP contribution in [0.2, 0.25) is 5.02 Å². The number of nitrogens with zero attached hydrogens (tertiary/aromatic N) is 1. The first kappa shape index (κ1) is 21.8. The molecule has 0 aliphatic carbocycles. The van der Waals surface area contributed by atoms with Gasteiger partial charge in [-0.1, -0.05) is 53.7 Å². The van der Waals surface area contributed by atoms with Crippen molar-refractivity contribution in [3.05, 3.63) is 88.4 Å². The van der Waals surface area contributed by atoms with Crippen LogP contribution in [0.3, 0.4) is 0 Å². The van der Waals surface area contributed by atoms with E-state index in [1.165, 1.54) is 26.0 Å². The molecule has 1 heterocycles. The summed E-state index contributed by atoms with van der Waals surface area (Å²) in [5.74, 6) is 0.0156. The van der Waals surface area contributed by atoms with Crippen molar-refractivity contribution in [3.8, 4) is 11.5 Å². The van der Waals surface area contributed by atoms with Gasteiger partial charge in [0, 0.05) is 10.6 Å². The van der Waals surface area contributed by atoms with E-state index in [4.69, 9.17) is 21.1 Å². The zero-order valence-electron chi connectivity index (χ0n) is 17.3. The van der Waals surface area contributed by atoms with E-state index in [-0.39, 0.29) is 10.6 Å². The fourth-order valence-corrected chi connectivity index (χ4v) is 4.45. The van der Waals surface area contributed by atoms with E-state index in [0.29, 0.717) is 27.9 Å². The van der Waals surface area contributed by atoms with E-state index in [9.17, 15) is 9.59 Å². The third-order valence-corrected chi connectivity index (χ3v) is 6.14. The standard InChI is InChI=1S/C24H19ClN2O4S/c1-30-19-13-12-15(14-17(19)25)26-21-22(32-16-8-4-3-5-9-16)24(29)27(23(21)28)18-10-6-7-11-20(18)31-2/h3-14,26H,1-2H3. The molecule has 0 aromatic heterocycles.